The maximum absolute atomic E-state index is 14.1. The van der Waals surface area contributed by atoms with Crippen LogP contribution in [0.4, 0.5) is 0 Å². The SMILES string of the molecule is COc1ccc(C2CCCCC2)c2c1cc1n2CC2=C3C(=O)NS(=O)(=O)N(C)CCOCCN(C)C(=O)[C@H]4CC=CC(=C23)[C@@H]14. The molecule has 7 rings (SSSR count). The van der Waals surface area contributed by atoms with Crippen molar-refractivity contribution in [3.63, 3.8) is 0 Å². The van der Waals surface area contributed by atoms with Gasteiger partial charge >= 0.3 is 10.2 Å². The van der Waals surface area contributed by atoms with Gasteiger partial charge in [-0.05, 0) is 59.6 Å². The fourth-order valence-electron chi connectivity index (χ4n) is 7.76. The predicted octanol–water partition coefficient (Wildman–Crippen LogP) is 3.76. The zero-order chi connectivity index (χ0) is 30.7. The monoisotopic (exact) mass is 620 g/mol. The number of allylic oxidation sites excluding steroid dienone is 4. The number of hydrogen-bond donors (Lipinski definition) is 1. The summed E-state index contributed by atoms with van der Waals surface area (Å²) in [5, 5.41) is 1.01. The Labute approximate surface area is 258 Å². The molecule has 0 unspecified atom stereocenters. The third kappa shape index (κ3) is 4.80. The minimum atomic E-state index is -4.07. The molecule has 4 bridgehead atoms. The molecule has 44 heavy (non-hydrogen) atoms. The Morgan fingerprint density at radius 1 is 1.02 bits per heavy atom. The molecule has 2 amide bonds. The molecule has 0 saturated heterocycles. The molecule has 1 aromatic heterocycles. The van der Waals surface area contributed by atoms with E-state index in [0.717, 1.165) is 56.2 Å². The Morgan fingerprint density at radius 2 is 1.80 bits per heavy atom. The summed E-state index contributed by atoms with van der Waals surface area (Å²) in [6.07, 6.45) is 10.5. The summed E-state index contributed by atoms with van der Waals surface area (Å²) in [5.41, 5.74) is 6.32. The molecule has 2 aliphatic heterocycles. The van der Waals surface area contributed by atoms with E-state index in [1.54, 1.807) is 19.1 Å². The molecular weight excluding hydrogens is 580 g/mol. The van der Waals surface area contributed by atoms with Crippen LogP contribution in [0.3, 0.4) is 0 Å². The van der Waals surface area contributed by atoms with Crippen LogP contribution in [-0.2, 0) is 31.1 Å². The molecule has 11 heteroatoms. The number of carbonyl (C=O) groups is 2. The van der Waals surface area contributed by atoms with Crippen LogP contribution in [0, 0.1) is 5.92 Å². The fraction of sp³-hybridized carbons (Fsp3) is 0.515. The second-order valence-electron chi connectivity index (χ2n) is 12.6. The number of nitrogens with one attached hydrogen (secondary N) is 1. The number of fused-ring (bicyclic) bond motifs is 3. The highest BCUT2D eigenvalue weighted by Crippen LogP contribution is 2.55. The molecule has 0 spiro atoms. The third-order valence-corrected chi connectivity index (χ3v) is 11.6. The summed E-state index contributed by atoms with van der Waals surface area (Å²) >= 11 is 0. The Morgan fingerprint density at radius 3 is 2.57 bits per heavy atom. The normalized spacial score (nSPS) is 26.5. The highest BCUT2D eigenvalue weighted by molar-refractivity contribution is 7.87. The van der Waals surface area contributed by atoms with Gasteiger partial charge < -0.3 is 18.9 Å². The molecule has 10 nitrogen and oxygen atoms in total. The van der Waals surface area contributed by atoms with E-state index in [1.165, 1.54) is 31.9 Å². The number of aromatic nitrogens is 1. The lowest BCUT2D eigenvalue weighted by Gasteiger charge is -2.33. The van der Waals surface area contributed by atoms with Gasteiger partial charge in [-0.25, -0.2) is 4.72 Å². The number of nitrogens with zero attached hydrogens (tertiary/aromatic N) is 3. The molecule has 3 aliphatic carbocycles. The van der Waals surface area contributed by atoms with E-state index in [-0.39, 0.29) is 37.5 Å². The second kappa shape index (κ2) is 11.2. The zero-order valence-electron chi connectivity index (χ0n) is 25.6. The summed E-state index contributed by atoms with van der Waals surface area (Å²) in [6.45, 7) is 1.33. The molecule has 5 aliphatic rings. The number of benzene rings is 1. The first-order chi connectivity index (χ1) is 21.2. The van der Waals surface area contributed by atoms with Crippen LogP contribution in [0.5, 0.6) is 5.75 Å². The summed E-state index contributed by atoms with van der Waals surface area (Å²) in [5.74, 6) is -0.0962. The molecule has 234 valence electrons. The first kappa shape index (κ1) is 29.3. The molecule has 0 radical (unpaired) electrons. The smallest absolute Gasteiger partial charge is 0.303 e. The van der Waals surface area contributed by atoms with Crippen molar-refractivity contribution in [1.29, 1.82) is 0 Å². The Hall–Kier alpha value is -3.41. The highest BCUT2D eigenvalue weighted by atomic mass is 32.2. The van der Waals surface area contributed by atoms with Crippen molar-refractivity contribution in [1.82, 2.24) is 18.5 Å². The van der Waals surface area contributed by atoms with Crippen molar-refractivity contribution in [2.45, 2.75) is 56.9 Å². The van der Waals surface area contributed by atoms with E-state index < -0.39 is 16.1 Å². The van der Waals surface area contributed by atoms with Crippen molar-refractivity contribution in [3.8, 4) is 5.75 Å². The lowest BCUT2D eigenvalue weighted by molar-refractivity contribution is -0.135. The van der Waals surface area contributed by atoms with Gasteiger partial charge in [0.15, 0.2) is 0 Å². The minimum Gasteiger partial charge on any atom is -0.496 e. The molecule has 2 atom stereocenters. The van der Waals surface area contributed by atoms with E-state index in [0.29, 0.717) is 31.0 Å². The molecular formula is C33H40N4O6S. The van der Waals surface area contributed by atoms with Gasteiger partial charge in [-0.3, -0.25) is 9.59 Å². The molecule has 1 fully saturated rings. The van der Waals surface area contributed by atoms with Crippen LogP contribution in [0.2, 0.25) is 0 Å². The predicted molar refractivity (Wildman–Crippen MR) is 167 cm³/mol. The molecule has 1 saturated carbocycles. The van der Waals surface area contributed by atoms with Gasteiger partial charge in [-0.15, -0.1) is 0 Å². The lowest BCUT2D eigenvalue weighted by Crippen LogP contribution is -2.43. The summed E-state index contributed by atoms with van der Waals surface area (Å²) in [4.78, 5) is 29.5. The Balaban J connectivity index is 1.44. The number of amides is 2. The summed E-state index contributed by atoms with van der Waals surface area (Å²) in [7, 11) is 0.832. The first-order valence-corrected chi connectivity index (χ1v) is 17.1. The van der Waals surface area contributed by atoms with Crippen LogP contribution in [-0.4, -0.2) is 81.5 Å². The van der Waals surface area contributed by atoms with Crippen molar-refractivity contribution in [3.05, 3.63) is 63.9 Å². The average molecular weight is 621 g/mol. The molecule has 2 aromatic rings. The van der Waals surface area contributed by atoms with E-state index in [2.05, 4.69) is 27.5 Å². The van der Waals surface area contributed by atoms with E-state index in [9.17, 15) is 18.0 Å². The Kier molecular flexibility index (Phi) is 7.45. The van der Waals surface area contributed by atoms with Crippen LogP contribution in [0.25, 0.3) is 10.9 Å². The van der Waals surface area contributed by atoms with Gasteiger partial charge in [0.25, 0.3) is 5.91 Å². The number of likely N-dealkylation sites (N-methyl/N-ethyl adjacent to an activating group) is 2. The summed E-state index contributed by atoms with van der Waals surface area (Å²) in [6, 6.07) is 6.44. The number of hydrogen-bond acceptors (Lipinski definition) is 6. The van der Waals surface area contributed by atoms with Gasteiger partial charge in [0.1, 0.15) is 5.75 Å². The van der Waals surface area contributed by atoms with E-state index >= 15 is 0 Å². The number of ether oxygens (including phenoxy) is 2. The van der Waals surface area contributed by atoms with E-state index in [1.807, 2.05) is 12.2 Å². The number of methoxy groups -OCH3 is 1. The van der Waals surface area contributed by atoms with Crippen LogP contribution in [0.1, 0.15) is 61.6 Å². The lowest BCUT2D eigenvalue weighted by atomic mass is 9.76. The molecule has 3 heterocycles. The van der Waals surface area contributed by atoms with Crippen LogP contribution in [0.15, 0.2) is 52.6 Å². The van der Waals surface area contributed by atoms with Crippen LogP contribution >= 0.6 is 0 Å². The third-order valence-electron chi connectivity index (χ3n) is 10.2. The minimum absolute atomic E-state index is 0.0271. The standard InChI is InChI=1S/C33H40N4O6S/c1-35-14-16-43-17-15-36(2)44(40,41)34-32(38)30-25-19-37-26(28-22(29(25)30)10-7-11-23(28)33(35)39)18-24-27(42-3)13-12-21(31(24)37)20-8-5-4-6-9-20/h7,10,12-13,18,20,23,28H,4-6,8-9,11,14-17,19H2,1-3H3,(H,34,38)/t23-,28+/m0/s1. The number of carbonyl (C=O) groups excluding carboxylic acids is 2. The van der Waals surface area contributed by atoms with Crippen LogP contribution < -0.4 is 9.46 Å². The van der Waals surface area contributed by atoms with Gasteiger partial charge in [0.05, 0.1) is 37.3 Å². The number of rotatable bonds is 2. The van der Waals surface area contributed by atoms with Gasteiger partial charge in [0, 0.05) is 50.7 Å². The topological polar surface area (TPSA) is 110 Å². The van der Waals surface area contributed by atoms with E-state index in [4.69, 9.17) is 9.47 Å². The molecule has 1 N–H and O–H groups in total. The van der Waals surface area contributed by atoms with Gasteiger partial charge in [0.2, 0.25) is 5.91 Å². The average Bonchev–Trinajstić information content (AvgIpc) is 3.65. The largest absolute Gasteiger partial charge is 0.496 e. The molecule has 1 aromatic carbocycles. The van der Waals surface area contributed by atoms with Crippen molar-refractivity contribution in [2.24, 2.45) is 5.92 Å². The highest BCUT2D eigenvalue weighted by Gasteiger charge is 2.48. The maximum atomic E-state index is 14.1. The first-order valence-electron chi connectivity index (χ1n) is 15.7. The van der Waals surface area contributed by atoms with Crippen molar-refractivity contribution in [2.75, 3.05) is 47.5 Å². The van der Waals surface area contributed by atoms with Crippen molar-refractivity contribution >= 4 is 32.9 Å². The second-order valence-corrected chi connectivity index (χ2v) is 14.4. The van der Waals surface area contributed by atoms with Gasteiger partial charge in [-0.2, -0.15) is 12.7 Å². The van der Waals surface area contributed by atoms with Gasteiger partial charge in [-0.1, -0.05) is 37.5 Å². The maximum Gasteiger partial charge on any atom is 0.303 e. The Bertz CT molecular complexity index is 1750. The quantitative estimate of drug-likeness (QED) is 0.548. The fourth-order valence-corrected chi connectivity index (χ4v) is 8.57. The zero-order valence-corrected chi connectivity index (χ0v) is 26.4. The summed E-state index contributed by atoms with van der Waals surface area (Å²) < 4.78 is 43.4. The van der Waals surface area contributed by atoms with Crippen molar-refractivity contribution < 1.29 is 27.5 Å².